The van der Waals surface area contributed by atoms with Crippen LogP contribution >= 0.6 is 27.5 Å². The van der Waals surface area contributed by atoms with Gasteiger partial charge in [-0.15, -0.1) is 0 Å². The Labute approximate surface area is 217 Å². The molecule has 5 nitrogen and oxygen atoms in total. The van der Waals surface area contributed by atoms with E-state index in [0.717, 1.165) is 49.0 Å². The zero-order valence-corrected chi connectivity index (χ0v) is 21.7. The summed E-state index contributed by atoms with van der Waals surface area (Å²) < 4.78 is 6.13. The van der Waals surface area contributed by atoms with Crippen LogP contribution in [-0.2, 0) is 9.53 Å². The summed E-state index contributed by atoms with van der Waals surface area (Å²) in [6.07, 6.45) is 0.561. The fourth-order valence-corrected chi connectivity index (χ4v) is 5.08. The number of amides is 1. The largest absolute Gasteiger partial charge is 0.375 e. The van der Waals surface area contributed by atoms with Gasteiger partial charge in [-0.3, -0.25) is 9.78 Å². The molecule has 35 heavy (non-hydrogen) atoms. The van der Waals surface area contributed by atoms with Gasteiger partial charge in [-0.25, -0.2) is 5.01 Å². The topological polar surface area (TPSA) is 54.8 Å². The van der Waals surface area contributed by atoms with Crippen LogP contribution in [0.15, 0.2) is 82.4 Å². The van der Waals surface area contributed by atoms with Crippen LogP contribution in [0.2, 0.25) is 5.02 Å². The minimum Gasteiger partial charge on any atom is -0.375 e. The second-order valence-corrected chi connectivity index (χ2v) is 9.82. The number of methoxy groups -OCH3 is 1. The van der Waals surface area contributed by atoms with Crippen molar-refractivity contribution in [1.82, 2.24) is 9.99 Å². The molecule has 1 amide bonds. The standard InChI is InChI=1S/C28H23BrClN3O2/c1-17-27(28(19-6-4-3-5-7-19)22-14-21(30)12-13-23(22)31-17)24-15-25(18-8-10-20(29)11-9-18)33(32-24)26(34)16-35-2/h3-14,25H,15-16H2,1-2H3/t25-/m0/s1. The number of hydrogen-bond acceptors (Lipinski definition) is 4. The third-order valence-electron chi connectivity index (χ3n) is 6.17. The molecule has 5 rings (SSSR count). The molecule has 2 heterocycles. The molecule has 0 unspecified atom stereocenters. The number of carbonyl (C=O) groups is 1. The van der Waals surface area contributed by atoms with E-state index in [9.17, 15) is 4.79 Å². The van der Waals surface area contributed by atoms with Crippen LogP contribution in [0.1, 0.15) is 29.3 Å². The summed E-state index contributed by atoms with van der Waals surface area (Å²) >= 11 is 9.91. The van der Waals surface area contributed by atoms with Crippen LogP contribution in [0.5, 0.6) is 0 Å². The number of hydrazone groups is 1. The minimum absolute atomic E-state index is 0.0418. The number of benzene rings is 3. The highest BCUT2D eigenvalue weighted by atomic mass is 79.9. The summed E-state index contributed by atoms with van der Waals surface area (Å²) in [7, 11) is 1.52. The zero-order valence-electron chi connectivity index (χ0n) is 19.3. The number of ether oxygens (including phenoxy) is 1. The van der Waals surface area contributed by atoms with E-state index in [1.807, 2.05) is 67.6 Å². The van der Waals surface area contributed by atoms with Gasteiger partial charge in [0, 0.05) is 45.2 Å². The van der Waals surface area contributed by atoms with Gasteiger partial charge in [0.1, 0.15) is 6.61 Å². The van der Waals surface area contributed by atoms with E-state index in [-0.39, 0.29) is 18.6 Å². The Morgan fingerprint density at radius 1 is 1.09 bits per heavy atom. The van der Waals surface area contributed by atoms with Crippen molar-refractivity contribution in [3.05, 3.63) is 99.1 Å². The van der Waals surface area contributed by atoms with E-state index in [0.29, 0.717) is 11.4 Å². The number of nitrogens with zero attached hydrogens (tertiary/aromatic N) is 3. The molecule has 0 saturated heterocycles. The summed E-state index contributed by atoms with van der Waals surface area (Å²) in [5.74, 6) is -0.189. The highest BCUT2D eigenvalue weighted by Gasteiger charge is 2.35. The Balaban J connectivity index is 1.72. The Hall–Kier alpha value is -3.06. The number of pyridine rings is 1. The molecule has 1 aromatic heterocycles. The van der Waals surface area contributed by atoms with Gasteiger partial charge in [0.25, 0.3) is 5.91 Å². The summed E-state index contributed by atoms with van der Waals surface area (Å²) in [6.45, 7) is 1.95. The highest BCUT2D eigenvalue weighted by Crippen LogP contribution is 2.40. The summed E-state index contributed by atoms with van der Waals surface area (Å²) in [6, 6.07) is 23.7. The predicted octanol–water partition coefficient (Wildman–Crippen LogP) is 6.95. The number of aryl methyl sites for hydroxylation is 1. The Bertz CT molecular complexity index is 1440. The lowest BCUT2D eigenvalue weighted by Crippen LogP contribution is -2.30. The number of carbonyl (C=O) groups excluding carboxylic acids is 1. The molecule has 1 aliphatic heterocycles. The average Bonchev–Trinajstić information content (AvgIpc) is 3.30. The molecule has 0 N–H and O–H groups in total. The van der Waals surface area contributed by atoms with Gasteiger partial charge >= 0.3 is 0 Å². The Morgan fingerprint density at radius 3 is 2.54 bits per heavy atom. The SMILES string of the molecule is COCC(=O)N1N=C(c2c(C)nc3ccc(Cl)cc3c2-c2ccccc2)C[C@H]1c1ccc(Br)cc1. The molecule has 0 bridgehead atoms. The van der Waals surface area contributed by atoms with E-state index in [1.165, 1.54) is 7.11 Å². The van der Waals surface area contributed by atoms with Crippen LogP contribution in [0.3, 0.4) is 0 Å². The van der Waals surface area contributed by atoms with Gasteiger partial charge in [-0.05, 0) is 48.4 Å². The number of fused-ring (bicyclic) bond motifs is 1. The summed E-state index contributed by atoms with van der Waals surface area (Å²) in [4.78, 5) is 17.9. The third kappa shape index (κ3) is 4.61. The number of aromatic nitrogens is 1. The second-order valence-electron chi connectivity index (χ2n) is 8.46. The van der Waals surface area contributed by atoms with Gasteiger partial charge < -0.3 is 4.74 Å². The third-order valence-corrected chi connectivity index (χ3v) is 6.93. The first kappa shape index (κ1) is 23.7. The molecular weight excluding hydrogens is 526 g/mol. The van der Waals surface area contributed by atoms with E-state index < -0.39 is 0 Å². The lowest BCUT2D eigenvalue weighted by atomic mass is 9.89. The van der Waals surface area contributed by atoms with Crippen LogP contribution in [0, 0.1) is 6.92 Å². The van der Waals surface area contributed by atoms with E-state index in [2.05, 4.69) is 28.1 Å². The van der Waals surface area contributed by atoms with E-state index >= 15 is 0 Å². The molecule has 0 saturated carbocycles. The number of hydrogen-bond donors (Lipinski definition) is 0. The van der Waals surface area contributed by atoms with E-state index in [1.54, 1.807) is 5.01 Å². The fourth-order valence-electron chi connectivity index (χ4n) is 4.64. The van der Waals surface area contributed by atoms with Crippen LogP contribution in [0.25, 0.3) is 22.0 Å². The Kier molecular flexibility index (Phi) is 6.69. The van der Waals surface area contributed by atoms with Crippen LogP contribution < -0.4 is 0 Å². The molecule has 4 aromatic rings. The fraction of sp³-hybridized carbons (Fsp3) is 0.179. The summed E-state index contributed by atoms with van der Waals surface area (Å²) in [5, 5.41) is 8.02. The van der Waals surface area contributed by atoms with Crippen molar-refractivity contribution in [3.63, 3.8) is 0 Å². The molecule has 3 aromatic carbocycles. The van der Waals surface area contributed by atoms with Crippen molar-refractivity contribution in [2.24, 2.45) is 5.10 Å². The van der Waals surface area contributed by atoms with Crippen molar-refractivity contribution >= 4 is 50.1 Å². The summed E-state index contributed by atoms with van der Waals surface area (Å²) in [5.41, 5.74) is 6.54. The lowest BCUT2D eigenvalue weighted by Gasteiger charge is -2.21. The normalized spacial score (nSPS) is 15.5. The number of halogens is 2. The Morgan fingerprint density at radius 2 is 1.83 bits per heavy atom. The van der Waals surface area contributed by atoms with Crippen molar-refractivity contribution in [1.29, 1.82) is 0 Å². The van der Waals surface area contributed by atoms with Gasteiger partial charge in [-0.2, -0.15) is 5.10 Å². The average molecular weight is 549 g/mol. The quantitative estimate of drug-likeness (QED) is 0.271. The molecule has 0 fully saturated rings. The maximum Gasteiger partial charge on any atom is 0.269 e. The maximum atomic E-state index is 13.0. The second kappa shape index (κ2) is 9.90. The van der Waals surface area contributed by atoms with Gasteiger partial charge in [-0.1, -0.05) is 70.0 Å². The molecule has 0 spiro atoms. The van der Waals surface area contributed by atoms with Gasteiger partial charge in [0.05, 0.1) is 17.3 Å². The lowest BCUT2D eigenvalue weighted by molar-refractivity contribution is -0.137. The predicted molar refractivity (Wildman–Crippen MR) is 144 cm³/mol. The highest BCUT2D eigenvalue weighted by molar-refractivity contribution is 9.10. The first-order chi connectivity index (χ1) is 17.0. The van der Waals surface area contributed by atoms with Crippen molar-refractivity contribution < 1.29 is 9.53 Å². The molecule has 7 heteroatoms. The molecular formula is C28H23BrClN3O2. The maximum absolute atomic E-state index is 13.0. The monoisotopic (exact) mass is 547 g/mol. The molecule has 0 aliphatic carbocycles. The molecule has 176 valence electrons. The smallest absolute Gasteiger partial charge is 0.269 e. The van der Waals surface area contributed by atoms with Crippen molar-refractivity contribution in [2.45, 2.75) is 19.4 Å². The minimum atomic E-state index is -0.237. The van der Waals surface area contributed by atoms with Crippen molar-refractivity contribution in [3.8, 4) is 11.1 Å². The van der Waals surface area contributed by atoms with Crippen LogP contribution in [0.4, 0.5) is 0 Å². The number of rotatable bonds is 5. The zero-order chi connectivity index (χ0) is 24.5. The molecule has 1 atom stereocenters. The van der Waals surface area contributed by atoms with Crippen molar-refractivity contribution in [2.75, 3.05) is 13.7 Å². The van der Waals surface area contributed by atoms with Crippen LogP contribution in [-0.4, -0.2) is 35.3 Å². The first-order valence-electron chi connectivity index (χ1n) is 11.3. The van der Waals surface area contributed by atoms with Gasteiger partial charge in [0.15, 0.2) is 0 Å². The molecule has 0 radical (unpaired) electrons. The van der Waals surface area contributed by atoms with E-state index in [4.69, 9.17) is 26.4 Å². The first-order valence-corrected chi connectivity index (χ1v) is 12.4. The molecule has 1 aliphatic rings. The van der Waals surface area contributed by atoms with Gasteiger partial charge in [0.2, 0.25) is 0 Å².